The molecule has 0 aliphatic heterocycles. The Morgan fingerprint density at radius 3 is 2.47 bits per heavy atom. The number of nitrogens with two attached hydrogens (primary N) is 1. The summed E-state index contributed by atoms with van der Waals surface area (Å²) in [7, 11) is 0. The summed E-state index contributed by atoms with van der Waals surface area (Å²) in [5.74, 6) is -0.393. The van der Waals surface area contributed by atoms with Crippen LogP contribution < -0.4 is 16.4 Å². The third-order valence-electron chi connectivity index (χ3n) is 2.74. The van der Waals surface area contributed by atoms with Crippen LogP contribution in [0.4, 0.5) is 11.4 Å². The first-order valence-electron chi connectivity index (χ1n) is 6.41. The van der Waals surface area contributed by atoms with E-state index in [-0.39, 0.29) is 24.3 Å². The number of hydrogen-bond acceptors (Lipinski definition) is 3. The molecular formula is C14H21N3O2. The maximum atomic E-state index is 11.6. The number of benzene rings is 1. The van der Waals surface area contributed by atoms with Crippen LogP contribution in [0.2, 0.25) is 0 Å². The molecule has 0 saturated carbocycles. The number of aryl methyl sites for hydroxylation is 1. The number of amides is 2. The lowest BCUT2D eigenvalue weighted by atomic mass is 10.1. The van der Waals surface area contributed by atoms with Gasteiger partial charge in [-0.05, 0) is 24.1 Å². The van der Waals surface area contributed by atoms with Gasteiger partial charge in [-0.15, -0.1) is 0 Å². The predicted octanol–water partition coefficient (Wildman–Crippen LogP) is 1.74. The fraction of sp³-hybridized carbons (Fsp3) is 0.429. The predicted molar refractivity (Wildman–Crippen MR) is 77.0 cm³/mol. The molecule has 5 nitrogen and oxygen atoms in total. The molecule has 1 rings (SSSR count). The molecule has 0 heterocycles. The number of hydrogen-bond donors (Lipinski definition) is 3. The number of carbonyl (C=O) groups excluding carboxylic acids is 2. The molecule has 4 N–H and O–H groups in total. The topological polar surface area (TPSA) is 84.2 Å². The summed E-state index contributed by atoms with van der Waals surface area (Å²) in [6.45, 7) is 5.59. The van der Waals surface area contributed by atoms with Crippen molar-refractivity contribution >= 4 is 23.2 Å². The fourth-order valence-electron chi connectivity index (χ4n) is 1.57. The molecule has 5 heteroatoms. The molecule has 0 atom stereocenters. The van der Waals surface area contributed by atoms with E-state index in [0.29, 0.717) is 11.4 Å². The van der Waals surface area contributed by atoms with Crippen LogP contribution in [0.25, 0.3) is 0 Å². The standard InChI is InChI=1S/C14H21N3O2/c1-4-10-5-6-11(16-14(19)9(2)3)7-12(10)17-13(18)8-15/h5-7,9H,4,8,15H2,1-3H3,(H,16,19)(H,17,18). The molecular weight excluding hydrogens is 242 g/mol. The van der Waals surface area contributed by atoms with E-state index in [9.17, 15) is 9.59 Å². The molecule has 0 spiro atoms. The first-order chi connectivity index (χ1) is 8.97. The number of rotatable bonds is 5. The van der Waals surface area contributed by atoms with Gasteiger partial charge in [-0.25, -0.2) is 0 Å². The fourth-order valence-corrected chi connectivity index (χ4v) is 1.57. The molecule has 1 aromatic carbocycles. The van der Waals surface area contributed by atoms with E-state index in [1.807, 2.05) is 32.9 Å². The highest BCUT2D eigenvalue weighted by Gasteiger charge is 2.10. The Bertz CT molecular complexity index is 470. The summed E-state index contributed by atoms with van der Waals surface area (Å²) in [5.41, 5.74) is 7.66. The van der Waals surface area contributed by atoms with E-state index < -0.39 is 0 Å². The minimum atomic E-state index is -0.248. The van der Waals surface area contributed by atoms with Gasteiger partial charge in [0, 0.05) is 17.3 Å². The maximum absolute atomic E-state index is 11.6. The van der Waals surface area contributed by atoms with E-state index in [1.54, 1.807) is 6.07 Å². The van der Waals surface area contributed by atoms with Crippen molar-refractivity contribution in [3.05, 3.63) is 23.8 Å². The van der Waals surface area contributed by atoms with Crippen molar-refractivity contribution in [1.29, 1.82) is 0 Å². The molecule has 0 aromatic heterocycles. The maximum Gasteiger partial charge on any atom is 0.238 e. The Labute approximate surface area is 113 Å². The van der Waals surface area contributed by atoms with Crippen LogP contribution in [0.15, 0.2) is 18.2 Å². The Balaban J connectivity index is 2.94. The SMILES string of the molecule is CCc1ccc(NC(=O)C(C)C)cc1NC(=O)CN. The summed E-state index contributed by atoms with van der Waals surface area (Å²) in [4.78, 5) is 23.0. The Morgan fingerprint density at radius 2 is 1.95 bits per heavy atom. The number of nitrogens with one attached hydrogen (secondary N) is 2. The highest BCUT2D eigenvalue weighted by molar-refractivity contribution is 5.96. The zero-order chi connectivity index (χ0) is 14.4. The van der Waals surface area contributed by atoms with E-state index in [2.05, 4.69) is 10.6 Å². The lowest BCUT2D eigenvalue weighted by Crippen LogP contribution is -2.23. The zero-order valence-electron chi connectivity index (χ0n) is 11.6. The van der Waals surface area contributed by atoms with Crippen molar-refractivity contribution in [3.63, 3.8) is 0 Å². The largest absolute Gasteiger partial charge is 0.326 e. The van der Waals surface area contributed by atoms with Crippen molar-refractivity contribution in [1.82, 2.24) is 0 Å². The van der Waals surface area contributed by atoms with Gasteiger partial charge < -0.3 is 16.4 Å². The summed E-state index contributed by atoms with van der Waals surface area (Å²) in [6, 6.07) is 5.48. The lowest BCUT2D eigenvalue weighted by molar-refractivity contribution is -0.119. The minimum absolute atomic E-state index is 0.0552. The Kier molecular flexibility index (Phi) is 5.51. The molecule has 0 aliphatic carbocycles. The average Bonchev–Trinajstić information content (AvgIpc) is 2.38. The monoisotopic (exact) mass is 263 g/mol. The number of carbonyl (C=O) groups is 2. The minimum Gasteiger partial charge on any atom is -0.326 e. The van der Waals surface area contributed by atoms with E-state index in [4.69, 9.17) is 5.73 Å². The van der Waals surface area contributed by atoms with Crippen LogP contribution in [0.5, 0.6) is 0 Å². The molecule has 104 valence electrons. The molecule has 0 fully saturated rings. The molecule has 2 amide bonds. The lowest BCUT2D eigenvalue weighted by Gasteiger charge is -2.13. The van der Waals surface area contributed by atoms with Crippen molar-refractivity contribution in [3.8, 4) is 0 Å². The second-order valence-corrected chi connectivity index (χ2v) is 4.62. The molecule has 0 aliphatic rings. The summed E-state index contributed by atoms with van der Waals surface area (Å²) >= 11 is 0. The Hall–Kier alpha value is -1.88. The number of anilines is 2. The van der Waals surface area contributed by atoms with E-state index >= 15 is 0 Å². The second kappa shape index (κ2) is 6.89. The summed E-state index contributed by atoms with van der Waals surface area (Å²) in [6.07, 6.45) is 0.790. The first kappa shape index (κ1) is 15.2. The van der Waals surface area contributed by atoms with Crippen molar-refractivity contribution in [2.75, 3.05) is 17.2 Å². The molecule has 19 heavy (non-hydrogen) atoms. The third kappa shape index (κ3) is 4.37. The highest BCUT2D eigenvalue weighted by atomic mass is 16.2. The van der Waals surface area contributed by atoms with Crippen LogP contribution in [-0.4, -0.2) is 18.4 Å². The van der Waals surface area contributed by atoms with E-state index in [0.717, 1.165) is 12.0 Å². The van der Waals surface area contributed by atoms with Gasteiger partial charge in [0.15, 0.2) is 0 Å². The summed E-state index contributed by atoms with van der Waals surface area (Å²) < 4.78 is 0. The van der Waals surface area contributed by atoms with Gasteiger partial charge in [-0.1, -0.05) is 26.8 Å². The third-order valence-corrected chi connectivity index (χ3v) is 2.74. The van der Waals surface area contributed by atoms with Crippen molar-refractivity contribution < 1.29 is 9.59 Å². The second-order valence-electron chi connectivity index (χ2n) is 4.62. The van der Waals surface area contributed by atoms with Crippen LogP contribution in [0.3, 0.4) is 0 Å². The van der Waals surface area contributed by atoms with Crippen LogP contribution in [-0.2, 0) is 16.0 Å². The van der Waals surface area contributed by atoms with Gasteiger partial charge in [-0.3, -0.25) is 9.59 Å². The van der Waals surface area contributed by atoms with Gasteiger partial charge in [0.2, 0.25) is 11.8 Å². The van der Waals surface area contributed by atoms with Gasteiger partial charge in [-0.2, -0.15) is 0 Å². The molecule has 0 radical (unpaired) electrons. The average molecular weight is 263 g/mol. The smallest absolute Gasteiger partial charge is 0.238 e. The van der Waals surface area contributed by atoms with Gasteiger partial charge in [0.25, 0.3) is 0 Å². The van der Waals surface area contributed by atoms with Crippen LogP contribution >= 0.6 is 0 Å². The van der Waals surface area contributed by atoms with Crippen LogP contribution in [0.1, 0.15) is 26.3 Å². The zero-order valence-corrected chi connectivity index (χ0v) is 11.6. The van der Waals surface area contributed by atoms with Crippen molar-refractivity contribution in [2.24, 2.45) is 11.7 Å². The van der Waals surface area contributed by atoms with Gasteiger partial charge >= 0.3 is 0 Å². The molecule has 0 saturated heterocycles. The molecule has 0 bridgehead atoms. The molecule has 0 unspecified atom stereocenters. The Morgan fingerprint density at radius 1 is 1.26 bits per heavy atom. The van der Waals surface area contributed by atoms with Crippen molar-refractivity contribution in [2.45, 2.75) is 27.2 Å². The van der Waals surface area contributed by atoms with E-state index in [1.165, 1.54) is 0 Å². The van der Waals surface area contributed by atoms with Crippen LogP contribution in [0, 0.1) is 5.92 Å². The quantitative estimate of drug-likeness (QED) is 0.756. The van der Waals surface area contributed by atoms with Gasteiger partial charge in [0.05, 0.1) is 6.54 Å². The summed E-state index contributed by atoms with van der Waals surface area (Å²) in [5, 5.41) is 5.54. The normalized spacial score (nSPS) is 10.4. The van der Waals surface area contributed by atoms with Gasteiger partial charge in [0.1, 0.15) is 0 Å². The molecule has 1 aromatic rings. The first-order valence-corrected chi connectivity index (χ1v) is 6.41. The highest BCUT2D eigenvalue weighted by Crippen LogP contribution is 2.22.